The SMILES string of the molecule is CCn1nc(C)cc1C(N)Cc1ccc(I)cc1. The first-order valence-corrected chi connectivity index (χ1v) is 7.22. The fourth-order valence-electron chi connectivity index (χ4n) is 2.10. The maximum Gasteiger partial charge on any atom is 0.0597 e. The largest absolute Gasteiger partial charge is 0.322 e. The average molecular weight is 355 g/mol. The van der Waals surface area contributed by atoms with Crippen molar-refractivity contribution in [3.63, 3.8) is 0 Å². The van der Waals surface area contributed by atoms with Crippen molar-refractivity contribution in [3.05, 3.63) is 50.9 Å². The highest BCUT2D eigenvalue weighted by atomic mass is 127. The van der Waals surface area contributed by atoms with Gasteiger partial charge in [-0.05, 0) is 66.6 Å². The van der Waals surface area contributed by atoms with Crippen molar-refractivity contribution in [2.75, 3.05) is 0 Å². The summed E-state index contributed by atoms with van der Waals surface area (Å²) in [4.78, 5) is 0. The van der Waals surface area contributed by atoms with Gasteiger partial charge in [-0.15, -0.1) is 0 Å². The van der Waals surface area contributed by atoms with Gasteiger partial charge in [0.1, 0.15) is 0 Å². The Bertz CT molecular complexity index is 516. The molecule has 2 N–H and O–H groups in total. The zero-order valence-electron chi connectivity index (χ0n) is 10.7. The predicted molar refractivity (Wildman–Crippen MR) is 82.4 cm³/mol. The van der Waals surface area contributed by atoms with Crippen LogP contribution < -0.4 is 5.73 Å². The van der Waals surface area contributed by atoms with Crippen LogP contribution in [0.25, 0.3) is 0 Å². The van der Waals surface area contributed by atoms with Crippen LogP contribution in [-0.4, -0.2) is 9.78 Å². The predicted octanol–water partition coefficient (Wildman–Crippen LogP) is 3.06. The van der Waals surface area contributed by atoms with Gasteiger partial charge in [0, 0.05) is 10.1 Å². The zero-order chi connectivity index (χ0) is 13.1. The summed E-state index contributed by atoms with van der Waals surface area (Å²) in [5.74, 6) is 0. The molecule has 0 aliphatic heterocycles. The summed E-state index contributed by atoms with van der Waals surface area (Å²) in [7, 11) is 0. The first kappa shape index (κ1) is 13.5. The standard InChI is InChI=1S/C14H18IN3/c1-3-18-14(8-10(2)17-18)13(16)9-11-4-6-12(15)7-5-11/h4-8,13H,3,9,16H2,1-2H3. The van der Waals surface area contributed by atoms with Gasteiger partial charge in [0.15, 0.2) is 0 Å². The van der Waals surface area contributed by atoms with Gasteiger partial charge in [-0.25, -0.2) is 0 Å². The molecular weight excluding hydrogens is 337 g/mol. The zero-order valence-corrected chi connectivity index (χ0v) is 12.9. The highest BCUT2D eigenvalue weighted by Gasteiger charge is 2.13. The average Bonchev–Trinajstić information content (AvgIpc) is 2.73. The molecule has 3 nitrogen and oxygen atoms in total. The first-order chi connectivity index (χ1) is 8.60. The molecule has 1 aromatic carbocycles. The lowest BCUT2D eigenvalue weighted by Gasteiger charge is -2.13. The Morgan fingerprint density at radius 3 is 2.61 bits per heavy atom. The Hall–Kier alpha value is -0.880. The van der Waals surface area contributed by atoms with E-state index in [4.69, 9.17) is 5.73 Å². The van der Waals surface area contributed by atoms with E-state index in [0.29, 0.717) is 0 Å². The van der Waals surface area contributed by atoms with Crippen LogP contribution in [0.4, 0.5) is 0 Å². The molecular formula is C14H18IN3. The van der Waals surface area contributed by atoms with Crippen molar-refractivity contribution >= 4 is 22.6 Å². The molecule has 0 radical (unpaired) electrons. The molecule has 0 saturated carbocycles. The molecule has 0 aliphatic rings. The molecule has 1 atom stereocenters. The van der Waals surface area contributed by atoms with Crippen LogP contribution in [0, 0.1) is 10.5 Å². The van der Waals surface area contributed by atoms with E-state index in [1.54, 1.807) is 0 Å². The van der Waals surface area contributed by atoms with Gasteiger partial charge in [-0.1, -0.05) is 12.1 Å². The number of nitrogens with zero attached hydrogens (tertiary/aromatic N) is 2. The van der Waals surface area contributed by atoms with Crippen LogP contribution in [-0.2, 0) is 13.0 Å². The summed E-state index contributed by atoms with van der Waals surface area (Å²) in [6, 6.07) is 10.6. The number of aromatic nitrogens is 2. The van der Waals surface area contributed by atoms with E-state index in [9.17, 15) is 0 Å². The molecule has 4 heteroatoms. The first-order valence-electron chi connectivity index (χ1n) is 6.14. The fourth-order valence-corrected chi connectivity index (χ4v) is 2.46. The number of nitrogens with two attached hydrogens (primary N) is 1. The van der Waals surface area contributed by atoms with Crippen molar-refractivity contribution < 1.29 is 0 Å². The van der Waals surface area contributed by atoms with Crippen LogP contribution in [0.3, 0.4) is 0 Å². The van der Waals surface area contributed by atoms with E-state index in [1.165, 1.54) is 9.13 Å². The smallest absolute Gasteiger partial charge is 0.0597 e. The molecule has 0 fully saturated rings. The Morgan fingerprint density at radius 1 is 1.33 bits per heavy atom. The van der Waals surface area contributed by atoms with Crippen LogP contribution in [0.2, 0.25) is 0 Å². The summed E-state index contributed by atoms with van der Waals surface area (Å²) in [5, 5.41) is 4.44. The quantitative estimate of drug-likeness (QED) is 0.857. The minimum atomic E-state index is 0.00575. The van der Waals surface area contributed by atoms with Crippen molar-refractivity contribution in [3.8, 4) is 0 Å². The van der Waals surface area contributed by atoms with Crippen LogP contribution >= 0.6 is 22.6 Å². The van der Waals surface area contributed by atoms with E-state index in [0.717, 1.165) is 24.4 Å². The van der Waals surface area contributed by atoms with Crippen molar-refractivity contribution in [1.29, 1.82) is 0 Å². The van der Waals surface area contributed by atoms with E-state index in [2.05, 4.69) is 64.9 Å². The number of hydrogen-bond donors (Lipinski definition) is 1. The number of aryl methyl sites for hydroxylation is 2. The Kier molecular flexibility index (Phi) is 4.40. The van der Waals surface area contributed by atoms with E-state index in [-0.39, 0.29) is 6.04 Å². The maximum atomic E-state index is 6.29. The normalized spacial score (nSPS) is 12.7. The van der Waals surface area contributed by atoms with Crippen LogP contribution in [0.15, 0.2) is 30.3 Å². The van der Waals surface area contributed by atoms with Gasteiger partial charge < -0.3 is 5.73 Å². The molecule has 0 amide bonds. The molecule has 18 heavy (non-hydrogen) atoms. The Morgan fingerprint density at radius 2 is 2.00 bits per heavy atom. The third-order valence-electron chi connectivity index (χ3n) is 2.98. The third kappa shape index (κ3) is 3.11. The van der Waals surface area contributed by atoms with Crippen molar-refractivity contribution in [1.82, 2.24) is 9.78 Å². The van der Waals surface area contributed by atoms with Crippen molar-refractivity contribution in [2.45, 2.75) is 32.9 Å². The van der Waals surface area contributed by atoms with E-state index in [1.807, 2.05) is 11.6 Å². The maximum absolute atomic E-state index is 6.29. The molecule has 0 saturated heterocycles. The van der Waals surface area contributed by atoms with Crippen molar-refractivity contribution in [2.24, 2.45) is 5.73 Å². The summed E-state index contributed by atoms with van der Waals surface area (Å²) < 4.78 is 3.24. The fraction of sp³-hybridized carbons (Fsp3) is 0.357. The molecule has 0 aliphatic carbocycles. The molecule has 1 aromatic heterocycles. The Balaban J connectivity index is 2.16. The van der Waals surface area contributed by atoms with Gasteiger partial charge in [-0.2, -0.15) is 5.10 Å². The second-order valence-corrected chi connectivity index (χ2v) is 5.71. The molecule has 2 rings (SSSR count). The van der Waals surface area contributed by atoms with Gasteiger partial charge >= 0.3 is 0 Å². The van der Waals surface area contributed by atoms with Crippen LogP contribution in [0.5, 0.6) is 0 Å². The van der Waals surface area contributed by atoms with E-state index >= 15 is 0 Å². The van der Waals surface area contributed by atoms with Crippen LogP contribution in [0.1, 0.15) is 29.9 Å². The third-order valence-corrected chi connectivity index (χ3v) is 3.70. The number of rotatable bonds is 4. The number of hydrogen-bond acceptors (Lipinski definition) is 2. The summed E-state index contributed by atoms with van der Waals surface area (Å²) >= 11 is 2.31. The number of halogens is 1. The van der Waals surface area contributed by atoms with Gasteiger partial charge in [0.05, 0.1) is 17.4 Å². The molecule has 0 bridgehead atoms. The highest BCUT2D eigenvalue weighted by molar-refractivity contribution is 14.1. The van der Waals surface area contributed by atoms with Gasteiger partial charge in [0.25, 0.3) is 0 Å². The summed E-state index contributed by atoms with van der Waals surface area (Å²) in [6.45, 7) is 4.96. The number of benzene rings is 1. The molecule has 1 heterocycles. The second kappa shape index (κ2) is 5.84. The topological polar surface area (TPSA) is 43.8 Å². The second-order valence-electron chi connectivity index (χ2n) is 4.46. The van der Waals surface area contributed by atoms with Gasteiger partial charge in [-0.3, -0.25) is 4.68 Å². The molecule has 96 valence electrons. The monoisotopic (exact) mass is 355 g/mol. The minimum Gasteiger partial charge on any atom is -0.322 e. The summed E-state index contributed by atoms with van der Waals surface area (Å²) in [5.41, 5.74) is 9.71. The Labute approximate surface area is 122 Å². The van der Waals surface area contributed by atoms with Gasteiger partial charge in [0.2, 0.25) is 0 Å². The molecule has 1 unspecified atom stereocenters. The van der Waals surface area contributed by atoms with E-state index < -0.39 is 0 Å². The molecule has 2 aromatic rings. The lowest BCUT2D eigenvalue weighted by molar-refractivity contribution is 0.566. The lowest BCUT2D eigenvalue weighted by Crippen LogP contribution is -2.18. The summed E-state index contributed by atoms with van der Waals surface area (Å²) in [6.07, 6.45) is 0.849. The minimum absolute atomic E-state index is 0.00575. The lowest BCUT2D eigenvalue weighted by atomic mass is 10.0. The molecule has 0 spiro atoms. The highest BCUT2D eigenvalue weighted by Crippen LogP contribution is 2.18.